The highest BCUT2D eigenvalue weighted by molar-refractivity contribution is 8.09. The lowest BCUT2D eigenvalue weighted by Crippen LogP contribution is -2.05. The van der Waals surface area contributed by atoms with Gasteiger partial charge in [0.05, 0.1) is 0 Å². The number of hydrogen-bond acceptors (Lipinski definition) is 3. The van der Waals surface area contributed by atoms with E-state index >= 15 is 0 Å². The number of carbonyl (C=O) groups excluding carboxylic acids is 1. The summed E-state index contributed by atoms with van der Waals surface area (Å²) in [5.74, 6) is 0.518. The number of allylic oxidation sites excluding steroid dienone is 2. The minimum atomic E-state index is 0.367. The molecule has 0 fully saturated rings. The Bertz CT molecular complexity index is 134. The lowest BCUT2D eigenvalue weighted by atomic mass is 10.1. The molecule has 2 atom stereocenters. The number of aldehydes is 1. The van der Waals surface area contributed by atoms with Gasteiger partial charge < -0.3 is 0 Å². The summed E-state index contributed by atoms with van der Waals surface area (Å²) in [6.45, 7) is 2.13. The van der Waals surface area contributed by atoms with E-state index in [0.717, 1.165) is 12.7 Å². The van der Waals surface area contributed by atoms with Crippen LogP contribution in [0.15, 0.2) is 12.2 Å². The maximum atomic E-state index is 9.91. The second-order valence-electron chi connectivity index (χ2n) is 2.40. The van der Waals surface area contributed by atoms with Crippen LogP contribution in [-0.2, 0) is 4.79 Å². The number of rotatable bonds is 5. The number of thiol groups is 1. The molecule has 0 N–H and O–H groups in total. The molecule has 0 aliphatic heterocycles. The maximum Gasteiger partial charge on any atom is 0.142 e. The number of hydrogen-bond donors (Lipinski definition) is 1. The van der Waals surface area contributed by atoms with Crippen molar-refractivity contribution in [3.63, 3.8) is 0 Å². The molecule has 2 unspecified atom stereocenters. The van der Waals surface area contributed by atoms with Crippen LogP contribution in [0.4, 0.5) is 0 Å². The normalized spacial score (nSPS) is 16.6. The van der Waals surface area contributed by atoms with Gasteiger partial charge in [-0.25, -0.2) is 0 Å². The zero-order valence-electron chi connectivity index (χ0n) is 6.86. The largest absolute Gasteiger partial charge is 0.299 e. The highest BCUT2D eigenvalue weighted by atomic mass is 32.2. The minimum absolute atomic E-state index is 0.367. The molecule has 0 aromatic rings. The summed E-state index contributed by atoms with van der Waals surface area (Å²) in [5, 5.41) is 0. The predicted molar refractivity (Wildman–Crippen MR) is 55.3 cm³/mol. The van der Waals surface area contributed by atoms with E-state index in [1.165, 1.54) is 6.08 Å². The molecule has 0 aliphatic rings. The Kier molecular flexibility index (Phi) is 6.87. The van der Waals surface area contributed by atoms with Crippen molar-refractivity contribution in [2.45, 2.75) is 17.9 Å². The topological polar surface area (TPSA) is 17.1 Å². The van der Waals surface area contributed by atoms with Crippen molar-refractivity contribution in [2.75, 3.05) is 6.26 Å². The van der Waals surface area contributed by atoms with Crippen LogP contribution in [0.5, 0.6) is 0 Å². The van der Waals surface area contributed by atoms with E-state index in [9.17, 15) is 4.79 Å². The van der Waals surface area contributed by atoms with Gasteiger partial charge in [-0.3, -0.25) is 4.79 Å². The van der Waals surface area contributed by atoms with Crippen LogP contribution in [-0.4, -0.2) is 17.1 Å². The average Bonchev–Trinajstić information content (AvgIpc) is 2.03. The van der Waals surface area contributed by atoms with E-state index in [-0.39, 0.29) is 0 Å². The SMILES string of the molecule is CSC(S)C(C)CC=CC=O. The molecular formula is C8H14OS2. The molecule has 0 saturated heterocycles. The first-order valence-corrected chi connectivity index (χ1v) is 5.34. The smallest absolute Gasteiger partial charge is 0.142 e. The van der Waals surface area contributed by atoms with Gasteiger partial charge in [0.15, 0.2) is 0 Å². The molecule has 0 heterocycles. The fraction of sp³-hybridized carbons (Fsp3) is 0.625. The van der Waals surface area contributed by atoms with Crippen LogP contribution in [0.25, 0.3) is 0 Å². The maximum absolute atomic E-state index is 9.91. The van der Waals surface area contributed by atoms with Gasteiger partial charge in [0.25, 0.3) is 0 Å². The average molecular weight is 190 g/mol. The Morgan fingerprint density at radius 2 is 2.27 bits per heavy atom. The molecule has 3 heteroatoms. The zero-order chi connectivity index (χ0) is 8.69. The van der Waals surface area contributed by atoms with Crippen LogP contribution in [0, 0.1) is 5.92 Å². The van der Waals surface area contributed by atoms with Crippen molar-refractivity contribution in [3.8, 4) is 0 Å². The molecule has 0 rings (SSSR count). The Morgan fingerprint density at radius 1 is 1.64 bits per heavy atom. The van der Waals surface area contributed by atoms with Gasteiger partial charge in [0, 0.05) is 4.58 Å². The van der Waals surface area contributed by atoms with Gasteiger partial charge in [0.2, 0.25) is 0 Å². The molecule has 11 heavy (non-hydrogen) atoms. The molecule has 0 amide bonds. The van der Waals surface area contributed by atoms with Gasteiger partial charge in [-0.05, 0) is 24.7 Å². The summed E-state index contributed by atoms with van der Waals surface area (Å²) < 4.78 is 0.367. The lowest BCUT2D eigenvalue weighted by Gasteiger charge is -2.14. The van der Waals surface area contributed by atoms with Gasteiger partial charge in [-0.15, -0.1) is 0 Å². The monoisotopic (exact) mass is 190 g/mol. The highest BCUT2D eigenvalue weighted by Crippen LogP contribution is 2.23. The quantitative estimate of drug-likeness (QED) is 0.310. The summed E-state index contributed by atoms with van der Waals surface area (Å²) in [6, 6.07) is 0. The number of thioether (sulfide) groups is 1. The van der Waals surface area contributed by atoms with Crippen LogP contribution in [0.1, 0.15) is 13.3 Å². The Balaban J connectivity index is 3.58. The van der Waals surface area contributed by atoms with Crippen LogP contribution in [0.3, 0.4) is 0 Å². The van der Waals surface area contributed by atoms with E-state index < -0.39 is 0 Å². The summed E-state index contributed by atoms with van der Waals surface area (Å²) in [4.78, 5) is 9.91. The van der Waals surface area contributed by atoms with E-state index in [4.69, 9.17) is 0 Å². The molecule has 0 saturated carbocycles. The Hall–Kier alpha value is 0.110. The summed E-state index contributed by atoms with van der Waals surface area (Å²) in [5.41, 5.74) is 0. The summed E-state index contributed by atoms with van der Waals surface area (Å²) >= 11 is 6.10. The molecule has 1 nitrogen and oxygen atoms in total. The molecule has 0 aromatic carbocycles. The van der Waals surface area contributed by atoms with Gasteiger partial charge in [-0.2, -0.15) is 24.4 Å². The standard InChI is InChI=1S/C8H14OS2/c1-7(8(10)11-2)5-3-4-6-9/h3-4,6-8,10H,5H2,1-2H3. The minimum Gasteiger partial charge on any atom is -0.299 e. The molecule has 0 bridgehead atoms. The van der Waals surface area contributed by atoms with Gasteiger partial charge >= 0.3 is 0 Å². The fourth-order valence-electron chi connectivity index (χ4n) is 0.697. The Morgan fingerprint density at radius 3 is 2.73 bits per heavy atom. The second-order valence-corrected chi connectivity index (χ2v) is 4.29. The van der Waals surface area contributed by atoms with Crippen molar-refractivity contribution < 1.29 is 4.79 Å². The molecule has 0 spiro atoms. The van der Waals surface area contributed by atoms with Crippen molar-refractivity contribution in [3.05, 3.63) is 12.2 Å². The summed E-state index contributed by atoms with van der Waals surface area (Å²) in [7, 11) is 0. The molecule has 0 radical (unpaired) electrons. The van der Waals surface area contributed by atoms with E-state index in [2.05, 4.69) is 19.6 Å². The van der Waals surface area contributed by atoms with Crippen LogP contribution < -0.4 is 0 Å². The highest BCUT2D eigenvalue weighted by Gasteiger charge is 2.08. The van der Waals surface area contributed by atoms with E-state index in [0.29, 0.717) is 10.5 Å². The van der Waals surface area contributed by atoms with Crippen molar-refractivity contribution in [1.82, 2.24) is 0 Å². The third-order valence-electron chi connectivity index (χ3n) is 1.45. The van der Waals surface area contributed by atoms with Gasteiger partial charge in [0.1, 0.15) is 6.29 Å². The van der Waals surface area contributed by atoms with Crippen LogP contribution in [0.2, 0.25) is 0 Å². The molecular weight excluding hydrogens is 176 g/mol. The first kappa shape index (κ1) is 11.1. The fourth-order valence-corrected chi connectivity index (χ4v) is 1.39. The van der Waals surface area contributed by atoms with Gasteiger partial charge in [-0.1, -0.05) is 13.0 Å². The first-order valence-electron chi connectivity index (χ1n) is 3.53. The van der Waals surface area contributed by atoms with E-state index in [1.807, 2.05) is 12.3 Å². The third-order valence-corrected chi connectivity index (χ3v) is 3.54. The summed E-state index contributed by atoms with van der Waals surface area (Å²) in [6.07, 6.45) is 7.19. The van der Waals surface area contributed by atoms with Crippen molar-refractivity contribution in [2.24, 2.45) is 5.92 Å². The van der Waals surface area contributed by atoms with Crippen molar-refractivity contribution in [1.29, 1.82) is 0 Å². The van der Waals surface area contributed by atoms with Crippen LogP contribution >= 0.6 is 24.4 Å². The molecule has 64 valence electrons. The number of carbonyl (C=O) groups is 1. The predicted octanol–water partition coefficient (Wildman–Crippen LogP) is 2.39. The first-order chi connectivity index (χ1) is 5.22. The molecule has 0 aromatic heterocycles. The van der Waals surface area contributed by atoms with Crippen molar-refractivity contribution >= 4 is 30.7 Å². The lowest BCUT2D eigenvalue weighted by molar-refractivity contribution is -0.104. The Labute approximate surface area is 78.0 Å². The van der Waals surface area contributed by atoms with E-state index in [1.54, 1.807) is 11.8 Å². The zero-order valence-corrected chi connectivity index (χ0v) is 8.57. The third kappa shape index (κ3) is 5.39. The second kappa shape index (κ2) is 6.80. The molecule has 0 aliphatic carbocycles.